The van der Waals surface area contributed by atoms with Gasteiger partial charge in [0.2, 0.25) is 11.7 Å². The number of rotatable bonds is 8. The Labute approximate surface area is 222 Å². The van der Waals surface area contributed by atoms with Crippen LogP contribution in [0.4, 0.5) is 0 Å². The lowest BCUT2D eigenvalue weighted by Crippen LogP contribution is -2.43. The first kappa shape index (κ1) is 28.1. The van der Waals surface area contributed by atoms with Crippen LogP contribution in [0, 0.1) is 11.3 Å². The summed E-state index contributed by atoms with van der Waals surface area (Å²) in [5.74, 6) is 1.26. The number of carbonyl (C=O) groups is 1. The molecule has 196 valence electrons. The van der Waals surface area contributed by atoms with E-state index in [1.54, 1.807) is 25.1 Å². The van der Waals surface area contributed by atoms with Crippen LogP contribution in [-0.2, 0) is 17.6 Å². The van der Waals surface area contributed by atoms with Gasteiger partial charge in [-0.3, -0.25) is 9.69 Å². The van der Waals surface area contributed by atoms with Crippen molar-refractivity contribution >= 4 is 18.3 Å². The highest BCUT2D eigenvalue weighted by molar-refractivity contribution is 5.85. The summed E-state index contributed by atoms with van der Waals surface area (Å²) in [6, 6.07) is 13.3. The molecule has 0 bridgehead atoms. The van der Waals surface area contributed by atoms with Gasteiger partial charge >= 0.3 is 0 Å². The Morgan fingerprint density at radius 3 is 2.59 bits per heavy atom. The normalized spacial score (nSPS) is 14.2. The van der Waals surface area contributed by atoms with Gasteiger partial charge in [0.15, 0.2) is 0 Å². The zero-order valence-corrected chi connectivity index (χ0v) is 22.0. The fourth-order valence-corrected chi connectivity index (χ4v) is 4.20. The molecule has 2 aromatic carbocycles. The molecule has 2 N–H and O–H groups in total. The first-order valence-corrected chi connectivity index (χ1v) is 12.2. The minimum absolute atomic E-state index is 0. The number of aliphatic hydroxyl groups excluding tert-OH is 1. The highest BCUT2D eigenvalue weighted by Gasteiger charge is 2.19. The Balaban J connectivity index is 0.00000380. The second kappa shape index (κ2) is 12.7. The fourth-order valence-electron chi connectivity index (χ4n) is 4.20. The summed E-state index contributed by atoms with van der Waals surface area (Å²) in [4.78, 5) is 18.9. The molecule has 0 saturated carbocycles. The second-order valence-corrected chi connectivity index (χ2v) is 9.32. The third kappa shape index (κ3) is 7.07. The molecule has 1 aromatic heterocycles. The SMILES string of the molecule is CC(C)Oc1ccc(-c2nc(-c3ccc4c(c3)CCN(CC(=O)N[C@H](C)CO)CC4)no2)cc1C#N.Cl. The Bertz CT molecular complexity index is 1270. The van der Waals surface area contributed by atoms with Crippen molar-refractivity contribution in [1.82, 2.24) is 20.4 Å². The fraction of sp³-hybridized carbons (Fsp3) is 0.407. The zero-order valence-electron chi connectivity index (χ0n) is 21.2. The van der Waals surface area contributed by atoms with Crippen molar-refractivity contribution in [2.45, 2.75) is 45.8 Å². The van der Waals surface area contributed by atoms with Gasteiger partial charge in [-0.05, 0) is 69.0 Å². The summed E-state index contributed by atoms with van der Waals surface area (Å²) in [5.41, 5.74) is 4.36. The first-order valence-electron chi connectivity index (χ1n) is 12.2. The molecule has 9 nitrogen and oxygen atoms in total. The van der Waals surface area contributed by atoms with Crippen molar-refractivity contribution < 1.29 is 19.2 Å². The van der Waals surface area contributed by atoms with E-state index in [4.69, 9.17) is 14.4 Å². The van der Waals surface area contributed by atoms with E-state index >= 15 is 0 Å². The van der Waals surface area contributed by atoms with Crippen LogP contribution in [0.5, 0.6) is 5.75 Å². The predicted octanol–water partition coefficient (Wildman–Crippen LogP) is 3.38. The van der Waals surface area contributed by atoms with Gasteiger partial charge in [-0.15, -0.1) is 12.4 Å². The number of benzene rings is 2. The Morgan fingerprint density at radius 2 is 1.89 bits per heavy atom. The molecule has 0 aliphatic carbocycles. The number of halogens is 1. The average Bonchev–Trinajstić information content (AvgIpc) is 3.27. The summed E-state index contributed by atoms with van der Waals surface area (Å²) in [7, 11) is 0. The maximum absolute atomic E-state index is 12.2. The molecule has 0 unspecified atom stereocenters. The topological polar surface area (TPSA) is 125 Å². The number of aliphatic hydroxyl groups is 1. The van der Waals surface area contributed by atoms with E-state index in [0.717, 1.165) is 31.5 Å². The summed E-state index contributed by atoms with van der Waals surface area (Å²) >= 11 is 0. The lowest BCUT2D eigenvalue weighted by Gasteiger charge is -2.20. The Morgan fingerprint density at radius 1 is 1.16 bits per heavy atom. The van der Waals surface area contributed by atoms with Gasteiger partial charge in [-0.2, -0.15) is 10.2 Å². The van der Waals surface area contributed by atoms with Crippen molar-refractivity contribution in [2.24, 2.45) is 0 Å². The standard InChI is InChI=1S/C27H31N5O4.ClH/c1-17(2)35-24-7-6-22(13-23(24)14-28)27-30-26(31-36-27)21-5-4-19-8-10-32(11-9-20(19)12-21)15-25(34)29-18(3)16-33;/h4-7,12-13,17-18,33H,8-11,15-16H2,1-3H3,(H,29,34);1H/t18-;/m1./s1. The predicted molar refractivity (Wildman–Crippen MR) is 141 cm³/mol. The molecule has 0 radical (unpaired) electrons. The Kier molecular flexibility index (Phi) is 9.64. The smallest absolute Gasteiger partial charge is 0.258 e. The van der Waals surface area contributed by atoms with Crippen molar-refractivity contribution in [3.05, 3.63) is 53.1 Å². The van der Waals surface area contributed by atoms with E-state index in [1.165, 1.54) is 11.1 Å². The molecule has 37 heavy (non-hydrogen) atoms. The molecule has 1 amide bonds. The highest BCUT2D eigenvalue weighted by atomic mass is 35.5. The van der Waals surface area contributed by atoms with E-state index in [9.17, 15) is 10.1 Å². The van der Waals surface area contributed by atoms with E-state index < -0.39 is 0 Å². The number of carbonyl (C=O) groups excluding carboxylic acids is 1. The van der Waals surface area contributed by atoms with Gasteiger partial charge in [-0.25, -0.2) is 0 Å². The third-order valence-corrected chi connectivity index (χ3v) is 6.04. The minimum atomic E-state index is -0.248. The Hall–Kier alpha value is -3.45. The summed E-state index contributed by atoms with van der Waals surface area (Å²) in [6.45, 7) is 7.38. The van der Waals surface area contributed by atoms with Crippen molar-refractivity contribution in [3.63, 3.8) is 0 Å². The maximum atomic E-state index is 12.2. The van der Waals surface area contributed by atoms with E-state index in [-0.39, 0.29) is 37.1 Å². The molecule has 0 fully saturated rings. The molecule has 10 heteroatoms. The first-order chi connectivity index (χ1) is 17.4. The lowest BCUT2D eigenvalue weighted by molar-refractivity contribution is -0.123. The third-order valence-electron chi connectivity index (χ3n) is 6.04. The van der Waals surface area contributed by atoms with Crippen molar-refractivity contribution in [3.8, 4) is 34.7 Å². The molecule has 1 aliphatic rings. The molecule has 1 aliphatic heterocycles. The van der Waals surface area contributed by atoms with E-state index in [0.29, 0.717) is 35.1 Å². The molecule has 0 saturated heterocycles. The van der Waals surface area contributed by atoms with Crippen LogP contribution >= 0.6 is 12.4 Å². The van der Waals surface area contributed by atoms with Crippen molar-refractivity contribution in [2.75, 3.05) is 26.2 Å². The van der Waals surface area contributed by atoms with Crippen molar-refractivity contribution in [1.29, 1.82) is 5.26 Å². The number of amides is 1. The molecule has 0 spiro atoms. The maximum Gasteiger partial charge on any atom is 0.258 e. The highest BCUT2D eigenvalue weighted by Crippen LogP contribution is 2.29. The lowest BCUT2D eigenvalue weighted by atomic mass is 10.00. The number of ether oxygens (including phenoxy) is 1. The van der Waals surface area contributed by atoms with Crippen LogP contribution in [0.2, 0.25) is 0 Å². The van der Waals surface area contributed by atoms with E-state index in [2.05, 4.69) is 38.6 Å². The number of nitrogens with zero attached hydrogens (tertiary/aromatic N) is 4. The van der Waals surface area contributed by atoms with Gasteiger partial charge in [0.05, 0.1) is 24.8 Å². The molecular formula is C27H32ClN5O4. The van der Waals surface area contributed by atoms with Crippen LogP contribution in [0.25, 0.3) is 22.8 Å². The summed E-state index contributed by atoms with van der Waals surface area (Å²) in [6.07, 6.45) is 1.61. The van der Waals surface area contributed by atoms with Gasteiger partial charge < -0.3 is 19.7 Å². The average molecular weight is 526 g/mol. The second-order valence-electron chi connectivity index (χ2n) is 9.32. The van der Waals surface area contributed by atoms with Gasteiger partial charge in [0.1, 0.15) is 11.8 Å². The number of hydrogen-bond donors (Lipinski definition) is 2. The van der Waals surface area contributed by atoms with Crippen LogP contribution in [0.3, 0.4) is 0 Å². The molecule has 2 heterocycles. The largest absolute Gasteiger partial charge is 0.490 e. The van der Waals surface area contributed by atoms with Crippen LogP contribution in [0.1, 0.15) is 37.5 Å². The van der Waals surface area contributed by atoms with Crippen LogP contribution < -0.4 is 10.1 Å². The van der Waals surface area contributed by atoms with Gasteiger partial charge in [0, 0.05) is 30.3 Å². The minimum Gasteiger partial charge on any atom is -0.490 e. The van der Waals surface area contributed by atoms with Gasteiger partial charge in [0.25, 0.3) is 5.89 Å². The number of aromatic nitrogens is 2. The monoisotopic (exact) mass is 525 g/mol. The number of fused-ring (bicyclic) bond motifs is 1. The molecule has 1 atom stereocenters. The number of hydrogen-bond acceptors (Lipinski definition) is 8. The summed E-state index contributed by atoms with van der Waals surface area (Å²) in [5, 5.41) is 25.6. The van der Waals surface area contributed by atoms with Gasteiger partial charge in [-0.1, -0.05) is 17.3 Å². The molecular weight excluding hydrogens is 494 g/mol. The quantitative estimate of drug-likeness (QED) is 0.458. The van der Waals surface area contributed by atoms with E-state index in [1.807, 2.05) is 19.9 Å². The molecule has 4 rings (SSSR count). The zero-order chi connectivity index (χ0) is 25.7. The number of nitrogens with one attached hydrogen (secondary N) is 1. The van der Waals surface area contributed by atoms with Crippen LogP contribution in [0.15, 0.2) is 40.9 Å². The van der Waals surface area contributed by atoms with Crippen LogP contribution in [-0.4, -0.2) is 64.4 Å². The number of nitriles is 1. The summed E-state index contributed by atoms with van der Waals surface area (Å²) < 4.78 is 11.2. The molecule has 3 aromatic rings.